The molecule has 7 heteroatoms. The number of amides is 2. The SMILES string of the molecule is CCCCN=C1S[C@H](C(=O)Nc2ccc(Cl)cc2)CC(=O)N1CCCC. The van der Waals surface area contributed by atoms with Crippen LogP contribution in [0.25, 0.3) is 0 Å². The molecule has 5 nitrogen and oxygen atoms in total. The summed E-state index contributed by atoms with van der Waals surface area (Å²) in [7, 11) is 0. The van der Waals surface area contributed by atoms with E-state index < -0.39 is 5.25 Å². The molecule has 142 valence electrons. The second kappa shape index (κ2) is 10.6. The van der Waals surface area contributed by atoms with Crippen molar-refractivity contribution in [2.24, 2.45) is 4.99 Å². The topological polar surface area (TPSA) is 61.8 Å². The van der Waals surface area contributed by atoms with E-state index in [4.69, 9.17) is 11.6 Å². The molecule has 0 aromatic heterocycles. The molecule has 0 saturated carbocycles. The summed E-state index contributed by atoms with van der Waals surface area (Å²) >= 11 is 7.26. The van der Waals surface area contributed by atoms with Gasteiger partial charge in [-0.2, -0.15) is 0 Å². The van der Waals surface area contributed by atoms with Crippen LogP contribution in [0.2, 0.25) is 5.02 Å². The van der Waals surface area contributed by atoms with Crippen molar-refractivity contribution in [3.8, 4) is 0 Å². The lowest BCUT2D eigenvalue weighted by Crippen LogP contribution is -2.45. The summed E-state index contributed by atoms with van der Waals surface area (Å²) in [4.78, 5) is 31.5. The van der Waals surface area contributed by atoms with Gasteiger partial charge in [-0.15, -0.1) is 0 Å². The van der Waals surface area contributed by atoms with E-state index in [1.54, 1.807) is 29.2 Å². The monoisotopic (exact) mass is 395 g/mol. The van der Waals surface area contributed by atoms with Crippen molar-refractivity contribution in [3.05, 3.63) is 29.3 Å². The fraction of sp³-hybridized carbons (Fsp3) is 0.526. The Labute approximate surface area is 164 Å². The van der Waals surface area contributed by atoms with Gasteiger partial charge in [-0.1, -0.05) is 50.1 Å². The number of rotatable bonds is 8. The molecule has 1 fully saturated rings. The van der Waals surface area contributed by atoms with Crippen molar-refractivity contribution in [2.75, 3.05) is 18.4 Å². The van der Waals surface area contributed by atoms with Crippen LogP contribution in [0.5, 0.6) is 0 Å². The number of halogens is 1. The predicted octanol–water partition coefficient (Wildman–Crippen LogP) is 4.57. The summed E-state index contributed by atoms with van der Waals surface area (Å²) in [5.41, 5.74) is 0.672. The van der Waals surface area contributed by atoms with Crippen LogP contribution in [0, 0.1) is 0 Å². The molecule has 0 unspecified atom stereocenters. The molecule has 1 N–H and O–H groups in total. The minimum atomic E-state index is -0.462. The summed E-state index contributed by atoms with van der Waals surface area (Å²) in [5.74, 6) is -0.201. The molecule has 0 spiro atoms. The van der Waals surface area contributed by atoms with E-state index in [1.165, 1.54) is 11.8 Å². The largest absolute Gasteiger partial charge is 0.325 e. The maximum atomic E-state index is 12.6. The highest BCUT2D eigenvalue weighted by Gasteiger charge is 2.35. The highest BCUT2D eigenvalue weighted by atomic mass is 35.5. The van der Waals surface area contributed by atoms with E-state index >= 15 is 0 Å². The van der Waals surface area contributed by atoms with Gasteiger partial charge in [0.05, 0.1) is 0 Å². The molecule has 1 saturated heterocycles. The van der Waals surface area contributed by atoms with Crippen molar-refractivity contribution < 1.29 is 9.59 Å². The Bertz CT molecular complexity index is 649. The smallest absolute Gasteiger partial charge is 0.238 e. The zero-order valence-corrected chi connectivity index (χ0v) is 16.9. The summed E-state index contributed by atoms with van der Waals surface area (Å²) in [6.45, 7) is 5.55. The quantitative estimate of drug-likeness (QED) is 0.656. The van der Waals surface area contributed by atoms with Crippen molar-refractivity contribution in [3.63, 3.8) is 0 Å². The number of amidine groups is 1. The van der Waals surface area contributed by atoms with Gasteiger partial charge in [0.15, 0.2) is 5.17 Å². The lowest BCUT2D eigenvalue weighted by Gasteiger charge is -2.31. The van der Waals surface area contributed by atoms with Crippen LogP contribution < -0.4 is 5.32 Å². The summed E-state index contributed by atoms with van der Waals surface area (Å²) in [6, 6.07) is 6.94. The normalized spacial score (nSPS) is 19.0. The van der Waals surface area contributed by atoms with Gasteiger partial charge in [0.1, 0.15) is 5.25 Å². The second-order valence-electron chi connectivity index (χ2n) is 6.22. The fourth-order valence-electron chi connectivity index (χ4n) is 2.50. The Hall–Kier alpha value is -1.53. The lowest BCUT2D eigenvalue weighted by molar-refractivity contribution is -0.129. The van der Waals surface area contributed by atoms with Crippen LogP contribution in [0.3, 0.4) is 0 Å². The molecule has 1 heterocycles. The molecule has 26 heavy (non-hydrogen) atoms. The molecule has 2 amide bonds. The number of aliphatic imine (C=N–C) groups is 1. The predicted molar refractivity (Wildman–Crippen MR) is 110 cm³/mol. The van der Waals surface area contributed by atoms with Gasteiger partial charge >= 0.3 is 0 Å². The molecule has 0 radical (unpaired) electrons. The zero-order valence-electron chi connectivity index (χ0n) is 15.3. The number of thioether (sulfide) groups is 1. The number of nitrogens with zero attached hydrogens (tertiary/aromatic N) is 2. The van der Waals surface area contributed by atoms with Gasteiger partial charge < -0.3 is 5.32 Å². The number of nitrogens with one attached hydrogen (secondary N) is 1. The van der Waals surface area contributed by atoms with Gasteiger partial charge in [-0.3, -0.25) is 19.5 Å². The summed E-state index contributed by atoms with van der Waals surface area (Å²) in [5, 5.41) is 3.69. The standard InChI is InChI=1S/C19H26ClN3O2S/c1-3-5-11-21-19-23(12-6-4-2)17(24)13-16(26-19)18(25)22-15-9-7-14(20)8-10-15/h7-10,16H,3-6,11-13H2,1-2H3,(H,22,25)/t16-/m0/s1. The molecule has 1 aromatic carbocycles. The Balaban J connectivity index is 2.07. The van der Waals surface area contributed by atoms with E-state index in [0.29, 0.717) is 29.0 Å². The minimum absolute atomic E-state index is 0.0243. The van der Waals surface area contributed by atoms with E-state index in [1.807, 2.05) is 0 Å². The molecular formula is C19H26ClN3O2S. The number of hydrogen-bond acceptors (Lipinski definition) is 4. The Morgan fingerprint density at radius 2 is 1.96 bits per heavy atom. The van der Waals surface area contributed by atoms with Crippen LogP contribution in [0.4, 0.5) is 5.69 Å². The van der Waals surface area contributed by atoms with Crippen LogP contribution in [0.1, 0.15) is 46.0 Å². The van der Waals surface area contributed by atoms with Gasteiger partial charge in [-0.05, 0) is 37.1 Å². The molecule has 2 rings (SSSR count). The molecule has 1 aromatic rings. The van der Waals surface area contributed by atoms with E-state index in [2.05, 4.69) is 24.2 Å². The molecule has 1 atom stereocenters. The van der Waals surface area contributed by atoms with Crippen LogP contribution in [0.15, 0.2) is 29.3 Å². The zero-order chi connectivity index (χ0) is 18.9. The molecular weight excluding hydrogens is 370 g/mol. The minimum Gasteiger partial charge on any atom is -0.325 e. The highest BCUT2D eigenvalue weighted by molar-refractivity contribution is 8.15. The fourth-order valence-corrected chi connectivity index (χ4v) is 3.76. The lowest BCUT2D eigenvalue weighted by atomic mass is 10.2. The first-order valence-corrected chi connectivity index (χ1v) is 10.4. The van der Waals surface area contributed by atoms with Crippen molar-refractivity contribution in [2.45, 2.75) is 51.2 Å². The third-order valence-corrected chi connectivity index (χ3v) is 5.52. The molecule has 0 bridgehead atoms. The first-order valence-electron chi connectivity index (χ1n) is 9.13. The first-order chi connectivity index (χ1) is 12.5. The van der Waals surface area contributed by atoms with Crippen molar-refractivity contribution in [1.29, 1.82) is 0 Å². The number of anilines is 1. The Morgan fingerprint density at radius 3 is 2.62 bits per heavy atom. The van der Waals surface area contributed by atoms with Gasteiger partial charge in [0, 0.05) is 30.2 Å². The van der Waals surface area contributed by atoms with Crippen molar-refractivity contribution in [1.82, 2.24) is 4.90 Å². The first kappa shape index (κ1) is 20.8. The average Bonchev–Trinajstić information content (AvgIpc) is 2.63. The van der Waals surface area contributed by atoms with Crippen LogP contribution in [-0.4, -0.2) is 40.2 Å². The molecule has 1 aliphatic rings. The number of carbonyl (C=O) groups excluding carboxylic acids is 2. The van der Waals surface area contributed by atoms with E-state index in [9.17, 15) is 9.59 Å². The van der Waals surface area contributed by atoms with Gasteiger partial charge in [0.25, 0.3) is 0 Å². The van der Waals surface area contributed by atoms with Crippen LogP contribution in [-0.2, 0) is 9.59 Å². The van der Waals surface area contributed by atoms with E-state index in [0.717, 1.165) is 25.7 Å². The van der Waals surface area contributed by atoms with Gasteiger partial charge in [0.2, 0.25) is 11.8 Å². The Kier molecular flexibility index (Phi) is 8.45. The van der Waals surface area contributed by atoms with Crippen LogP contribution >= 0.6 is 23.4 Å². The molecule has 1 aliphatic heterocycles. The van der Waals surface area contributed by atoms with E-state index in [-0.39, 0.29) is 18.2 Å². The number of unbranched alkanes of at least 4 members (excludes halogenated alkanes) is 2. The second-order valence-corrected chi connectivity index (χ2v) is 7.83. The number of carbonyl (C=O) groups is 2. The van der Waals surface area contributed by atoms with Crippen molar-refractivity contribution >= 4 is 46.0 Å². The third-order valence-electron chi connectivity index (χ3n) is 4.04. The van der Waals surface area contributed by atoms with Gasteiger partial charge in [-0.25, -0.2) is 0 Å². The summed E-state index contributed by atoms with van der Waals surface area (Å²) < 4.78 is 0. The number of benzene rings is 1. The average molecular weight is 396 g/mol. The number of hydrogen-bond donors (Lipinski definition) is 1. The Morgan fingerprint density at radius 1 is 1.27 bits per heavy atom. The maximum Gasteiger partial charge on any atom is 0.238 e. The molecule has 0 aliphatic carbocycles. The summed E-state index contributed by atoms with van der Waals surface area (Å²) in [6.07, 6.45) is 4.16. The highest BCUT2D eigenvalue weighted by Crippen LogP contribution is 2.28. The third kappa shape index (κ3) is 6.02. The maximum absolute atomic E-state index is 12.6.